The molecule has 0 N–H and O–H groups in total. The maximum atomic E-state index is 11.8. The normalized spacial score (nSPS) is 10.5. The van der Waals surface area contributed by atoms with E-state index in [1.54, 1.807) is 25.3 Å². The van der Waals surface area contributed by atoms with Crippen molar-refractivity contribution in [3.8, 4) is 0 Å². The molecule has 0 amide bonds. The van der Waals surface area contributed by atoms with E-state index in [1.807, 2.05) is 11.4 Å². The van der Waals surface area contributed by atoms with E-state index < -0.39 is 0 Å². The average Bonchev–Trinajstić information content (AvgIpc) is 2.87. The summed E-state index contributed by atoms with van der Waals surface area (Å²) in [5.41, 5.74) is 0. The van der Waals surface area contributed by atoms with Crippen LogP contribution in [-0.4, -0.2) is 12.9 Å². The Balaban J connectivity index is 2.19. The van der Waals surface area contributed by atoms with Gasteiger partial charge in [-0.2, -0.15) is 0 Å². The molecule has 15 heavy (non-hydrogen) atoms. The van der Waals surface area contributed by atoms with E-state index >= 15 is 0 Å². The highest BCUT2D eigenvalue weighted by Crippen LogP contribution is 2.17. The predicted octanol–water partition coefficient (Wildman–Crippen LogP) is 2.72. The molecule has 3 nitrogen and oxygen atoms in total. The number of carbonyl (C=O) groups excluding carboxylic acids is 1. The van der Waals surface area contributed by atoms with Gasteiger partial charge >= 0.3 is 0 Å². The maximum absolute atomic E-state index is 11.8. The number of thiophene rings is 1. The zero-order valence-electron chi connectivity index (χ0n) is 8.23. The molecule has 2 rings (SSSR count). The number of hydrogen-bond donors (Lipinski definition) is 0. The van der Waals surface area contributed by atoms with Gasteiger partial charge in [0.15, 0.2) is 5.76 Å². The van der Waals surface area contributed by atoms with E-state index in [-0.39, 0.29) is 5.78 Å². The van der Waals surface area contributed by atoms with Crippen molar-refractivity contribution < 1.29 is 13.9 Å². The largest absolute Gasteiger partial charge is 0.455 e. The van der Waals surface area contributed by atoms with Crippen molar-refractivity contribution >= 4 is 17.1 Å². The van der Waals surface area contributed by atoms with E-state index in [0.29, 0.717) is 23.0 Å². The number of ether oxygens (including phenoxy) is 1. The van der Waals surface area contributed by atoms with Crippen LogP contribution < -0.4 is 0 Å². The minimum atomic E-state index is -0.0765. The van der Waals surface area contributed by atoms with Gasteiger partial charge in [0.1, 0.15) is 12.4 Å². The number of furan rings is 1. The standard InChI is InChI=1S/C11H10O3S/c1-13-7-8-4-5-9(14-8)11(12)10-3-2-6-15-10/h2-6H,7H2,1H3. The zero-order valence-corrected chi connectivity index (χ0v) is 9.04. The fourth-order valence-corrected chi connectivity index (χ4v) is 1.92. The van der Waals surface area contributed by atoms with Gasteiger partial charge in [0.05, 0.1) is 4.88 Å². The molecule has 2 aromatic heterocycles. The Morgan fingerprint density at radius 2 is 2.33 bits per heavy atom. The molecule has 0 saturated carbocycles. The molecule has 0 aliphatic heterocycles. The average molecular weight is 222 g/mol. The summed E-state index contributed by atoms with van der Waals surface area (Å²) in [5, 5.41) is 1.87. The summed E-state index contributed by atoms with van der Waals surface area (Å²) >= 11 is 1.41. The molecule has 0 aromatic carbocycles. The van der Waals surface area contributed by atoms with Crippen molar-refractivity contribution in [3.05, 3.63) is 46.0 Å². The summed E-state index contributed by atoms with van der Waals surface area (Å²) in [4.78, 5) is 12.5. The lowest BCUT2D eigenvalue weighted by Gasteiger charge is -1.94. The van der Waals surface area contributed by atoms with Gasteiger partial charge in [-0.15, -0.1) is 11.3 Å². The molecule has 0 aliphatic carbocycles. The molecule has 0 radical (unpaired) electrons. The van der Waals surface area contributed by atoms with Gasteiger partial charge in [0, 0.05) is 7.11 Å². The minimum absolute atomic E-state index is 0.0765. The third kappa shape index (κ3) is 2.16. The van der Waals surface area contributed by atoms with Crippen molar-refractivity contribution in [2.24, 2.45) is 0 Å². The smallest absolute Gasteiger partial charge is 0.238 e. The molecule has 0 unspecified atom stereocenters. The summed E-state index contributed by atoms with van der Waals surface area (Å²) in [5.74, 6) is 0.953. The highest BCUT2D eigenvalue weighted by atomic mass is 32.1. The van der Waals surface area contributed by atoms with Crippen LogP contribution in [0.4, 0.5) is 0 Å². The molecule has 0 atom stereocenters. The number of rotatable bonds is 4. The Hall–Kier alpha value is -1.39. The second-order valence-corrected chi connectivity index (χ2v) is 3.95. The van der Waals surface area contributed by atoms with E-state index in [4.69, 9.17) is 9.15 Å². The van der Waals surface area contributed by atoms with Crippen molar-refractivity contribution in [2.45, 2.75) is 6.61 Å². The molecule has 0 aliphatic rings. The second kappa shape index (κ2) is 4.42. The minimum Gasteiger partial charge on any atom is -0.455 e. The van der Waals surface area contributed by atoms with Crippen molar-refractivity contribution in [1.29, 1.82) is 0 Å². The van der Waals surface area contributed by atoms with Crippen LogP contribution in [0, 0.1) is 0 Å². The molecule has 4 heteroatoms. The van der Waals surface area contributed by atoms with Crippen LogP contribution in [0.1, 0.15) is 21.2 Å². The predicted molar refractivity (Wildman–Crippen MR) is 57.2 cm³/mol. The van der Waals surface area contributed by atoms with Gasteiger partial charge in [-0.25, -0.2) is 0 Å². The Morgan fingerprint density at radius 3 is 3.00 bits per heavy atom. The zero-order chi connectivity index (χ0) is 10.7. The van der Waals surface area contributed by atoms with Gasteiger partial charge in [-0.3, -0.25) is 4.79 Å². The van der Waals surface area contributed by atoms with Gasteiger partial charge < -0.3 is 9.15 Å². The van der Waals surface area contributed by atoms with Crippen LogP contribution in [0.25, 0.3) is 0 Å². The number of hydrogen-bond acceptors (Lipinski definition) is 4. The second-order valence-electron chi connectivity index (χ2n) is 3.01. The molecular weight excluding hydrogens is 212 g/mol. The lowest BCUT2D eigenvalue weighted by atomic mass is 10.2. The summed E-state index contributed by atoms with van der Waals surface area (Å²) < 4.78 is 10.3. The Labute approximate surface area is 91.3 Å². The van der Waals surface area contributed by atoms with E-state index in [9.17, 15) is 4.79 Å². The molecule has 0 fully saturated rings. The Morgan fingerprint density at radius 1 is 1.47 bits per heavy atom. The first-order valence-electron chi connectivity index (χ1n) is 4.47. The number of carbonyl (C=O) groups is 1. The Bertz CT molecular complexity index is 442. The molecule has 78 valence electrons. The topological polar surface area (TPSA) is 39.4 Å². The van der Waals surface area contributed by atoms with Crippen molar-refractivity contribution in [3.63, 3.8) is 0 Å². The SMILES string of the molecule is COCc1ccc(C(=O)c2cccs2)o1. The van der Waals surface area contributed by atoms with Crippen LogP contribution in [0.2, 0.25) is 0 Å². The molecule has 0 saturated heterocycles. The van der Waals surface area contributed by atoms with Crippen LogP contribution in [0.5, 0.6) is 0 Å². The lowest BCUT2D eigenvalue weighted by Crippen LogP contribution is -1.95. The summed E-state index contributed by atoms with van der Waals surface area (Å²) in [6.45, 7) is 0.387. The van der Waals surface area contributed by atoms with Gasteiger partial charge in [0.2, 0.25) is 5.78 Å². The number of methoxy groups -OCH3 is 1. The van der Waals surface area contributed by atoms with Crippen LogP contribution in [0.3, 0.4) is 0 Å². The third-order valence-corrected chi connectivity index (χ3v) is 2.79. The van der Waals surface area contributed by atoms with Gasteiger partial charge in [-0.1, -0.05) is 6.07 Å². The van der Waals surface area contributed by atoms with Crippen LogP contribution in [-0.2, 0) is 11.3 Å². The van der Waals surface area contributed by atoms with Crippen LogP contribution in [0.15, 0.2) is 34.1 Å². The first-order chi connectivity index (χ1) is 7.31. The number of ketones is 1. The molecule has 2 heterocycles. The van der Waals surface area contributed by atoms with Gasteiger partial charge in [0.25, 0.3) is 0 Å². The van der Waals surface area contributed by atoms with E-state index in [0.717, 1.165) is 0 Å². The van der Waals surface area contributed by atoms with E-state index in [1.165, 1.54) is 11.3 Å². The Kier molecular flexibility index (Phi) is 2.99. The summed E-state index contributed by atoms with van der Waals surface area (Å²) in [6.07, 6.45) is 0. The van der Waals surface area contributed by atoms with Crippen LogP contribution >= 0.6 is 11.3 Å². The van der Waals surface area contributed by atoms with Crippen molar-refractivity contribution in [1.82, 2.24) is 0 Å². The van der Waals surface area contributed by atoms with Crippen molar-refractivity contribution in [2.75, 3.05) is 7.11 Å². The summed E-state index contributed by atoms with van der Waals surface area (Å²) in [7, 11) is 1.59. The summed E-state index contributed by atoms with van der Waals surface area (Å²) in [6, 6.07) is 7.06. The third-order valence-electron chi connectivity index (χ3n) is 1.92. The fourth-order valence-electron chi connectivity index (χ4n) is 1.25. The lowest BCUT2D eigenvalue weighted by molar-refractivity contribution is 0.100. The molecule has 0 spiro atoms. The highest BCUT2D eigenvalue weighted by Gasteiger charge is 2.14. The highest BCUT2D eigenvalue weighted by molar-refractivity contribution is 7.12. The molecule has 0 bridgehead atoms. The quantitative estimate of drug-likeness (QED) is 0.747. The first-order valence-corrected chi connectivity index (χ1v) is 5.35. The molecular formula is C11H10O3S. The van der Waals surface area contributed by atoms with Gasteiger partial charge in [-0.05, 0) is 23.6 Å². The molecule has 2 aromatic rings. The first kappa shape index (κ1) is 10.1. The monoisotopic (exact) mass is 222 g/mol. The maximum Gasteiger partial charge on any atom is 0.238 e. The van der Waals surface area contributed by atoms with E-state index in [2.05, 4.69) is 0 Å². The fraction of sp³-hybridized carbons (Fsp3) is 0.182.